The highest BCUT2D eigenvalue weighted by Gasteiger charge is 2.36. The van der Waals surface area contributed by atoms with Gasteiger partial charge >= 0.3 is 0 Å². The average molecular weight is 394 g/mol. The molecule has 1 aliphatic rings. The molecule has 1 saturated heterocycles. The van der Waals surface area contributed by atoms with Crippen molar-refractivity contribution in [3.63, 3.8) is 0 Å². The van der Waals surface area contributed by atoms with Gasteiger partial charge in [0, 0.05) is 11.1 Å². The third-order valence-corrected chi connectivity index (χ3v) is 6.74. The van der Waals surface area contributed by atoms with E-state index >= 15 is 0 Å². The molecular formula is C27H55N. The minimum atomic E-state index is 0.321. The van der Waals surface area contributed by atoms with Crippen molar-refractivity contribution in [3.05, 3.63) is 0 Å². The van der Waals surface area contributed by atoms with Gasteiger partial charge in [-0.1, -0.05) is 116 Å². The predicted molar refractivity (Wildman–Crippen MR) is 128 cm³/mol. The Morgan fingerprint density at radius 2 is 0.857 bits per heavy atom. The van der Waals surface area contributed by atoms with Crippen LogP contribution in [0.3, 0.4) is 0 Å². The van der Waals surface area contributed by atoms with Crippen molar-refractivity contribution in [2.45, 2.75) is 168 Å². The van der Waals surface area contributed by atoms with Crippen molar-refractivity contribution in [1.29, 1.82) is 0 Å². The normalized spacial score (nSPS) is 19.2. The van der Waals surface area contributed by atoms with Crippen LogP contribution >= 0.6 is 0 Å². The molecule has 0 saturated carbocycles. The maximum absolute atomic E-state index is 3.82. The third-order valence-electron chi connectivity index (χ3n) is 6.74. The summed E-state index contributed by atoms with van der Waals surface area (Å²) in [7, 11) is 0. The average Bonchev–Trinajstić information content (AvgIpc) is 2.58. The molecule has 0 aromatic carbocycles. The highest BCUT2D eigenvalue weighted by atomic mass is 15.0. The standard InChI is InChI=1S/C27H55N/c1-6-7-8-9-10-11-12-13-14-15-16-17-18-19-20-21-22-25-23-26(2,3)28-27(4,5)24-25/h25,28H,6-24H2,1-5H3. The summed E-state index contributed by atoms with van der Waals surface area (Å²) in [6.45, 7) is 11.8. The number of piperidine rings is 1. The van der Waals surface area contributed by atoms with Crippen LogP contribution in [-0.2, 0) is 0 Å². The maximum atomic E-state index is 3.82. The molecule has 0 aliphatic carbocycles. The molecule has 168 valence electrons. The molecule has 0 spiro atoms. The van der Waals surface area contributed by atoms with Crippen LogP contribution in [0.25, 0.3) is 0 Å². The van der Waals surface area contributed by atoms with Crippen LogP contribution in [0.2, 0.25) is 0 Å². The Bertz CT molecular complexity index is 341. The van der Waals surface area contributed by atoms with Crippen LogP contribution in [0.15, 0.2) is 0 Å². The van der Waals surface area contributed by atoms with Crippen molar-refractivity contribution < 1.29 is 0 Å². The van der Waals surface area contributed by atoms with Crippen molar-refractivity contribution >= 4 is 0 Å². The topological polar surface area (TPSA) is 12.0 Å². The third kappa shape index (κ3) is 14.0. The molecule has 0 radical (unpaired) electrons. The summed E-state index contributed by atoms with van der Waals surface area (Å²) in [5.41, 5.74) is 0.642. The summed E-state index contributed by atoms with van der Waals surface area (Å²) >= 11 is 0. The first kappa shape index (κ1) is 26.0. The molecular weight excluding hydrogens is 338 g/mol. The van der Waals surface area contributed by atoms with Gasteiger partial charge in [-0.05, 0) is 46.5 Å². The van der Waals surface area contributed by atoms with E-state index in [0.29, 0.717) is 11.1 Å². The van der Waals surface area contributed by atoms with Gasteiger partial charge in [0.15, 0.2) is 0 Å². The zero-order valence-electron chi connectivity index (χ0n) is 20.5. The molecule has 0 bridgehead atoms. The van der Waals surface area contributed by atoms with Gasteiger partial charge in [0.25, 0.3) is 0 Å². The first-order valence-corrected chi connectivity index (χ1v) is 13.1. The first-order chi connectivity index (χ1) is 13.3. The van der Waals surface area contributed by atoms with Crippen LogP contribution in [0.5, 0.6) is 0 Å². The van der Waals surface area contributed by atoms with Gasteiger partial charge in [-0.15, -0.1) is 0 Å². The number of hydrogen-bond acceptors (Lipinski definition) is 1. The molecule has 1 heteroatoms. The summed E-state index contributed by atoms with van der Waals surface area (Å²) < 4.78 is 0. The summed E-state index contributed by atoms with van der Waals surface area (Å²) in [5, 5.41) is 3.82. The number of unbranched alkanes of at least 4 members (excludes halogenated alkanes) is 15. The molecule has 1 N–H and O–H groups in total. The number of rotatable bonds is 17. The maximum Gasteiger partial charge on any atom is 0.0132 e. The predicted octanol–water partition coefficient (Wildman–Crippen LogP) is 9.19. The molecule has 0 aromatic rings. The Labute approximate surface area is 179 Å². The lowest BCUT2D eigenvalue weighted by atomic mass is 9.74. The molecule has 1 nitrogen and oxygen atoms in total. The minimum Gasteiger partial charge on any atom is -0.307 e. The van der Waals surface area contributed by atoms with Gasteiger partial charge in [-0.25, -0.2) is 0 Å². The zero-order valence-corrected chi connectivity index (χ0v) is 20.5. The minimum absolute atomic E-state index is 0.321. The van der Waals surface area contributed by atoms with Gasteiger partial charge in [-0.2, -0.15) is 0 Å². The fourth-order valence-electron chi connectivity index (χ4n) is 5.72. The van der Waals surface area contributed by atoms with Gasteiger partial charge in [0.05, 0.1) is 0 Å². The van der Waals surface area contributed by atoms with E-state index in [2.05, 4.69) is 39.9 Å². The lowest BCUT2D eigenvalue weighted by Crippen LogP contribution is -2.57. The SMILES string of the molecule is CCCCCCCCCCCCCCCCCCC1CC(C)(C)NC(C)(C)C1. The van der Waals surface area contributed by atoms with Crippen molar-refractivity contribution in [2.75, 3.05) is 0 Å². The number of nitrogens with one attached hydrogen (secondary N) is 1. The lowest BCUT2D eigenvalue weighted by molar-refractivity contribution is 0.122. The van der Waals surface area contributed by atoms with E-state index in [4.69, 9.17) is 0 Å². The molecule has 1 fully saturated rings. The Kier molecular flexibility index (Phi) is 13.8. The quantitative estimate of drug-likeness (QED) is 0.243. The zero-order chi connectivity index (χ0) is 20.7. The van der Waals surface area contributed by atoms with E-state index in [1.165, 1.54) is 122 Å². The Morgan fingerprint density at radius 1 is 0.536 bits per heavy atom. The molecule has 0 atom stereocenters. The highest BCUT2D eigenvalue weighted by molar-refractivity contribution is 4.96. The second-order valence-corrected chi connectivity index (χ2v) is 11.3. The molecule has 0 amide bonds. The van der Waals surface area contributed by atoms with Gasteiger partial charge in [-0.3, -0.25) is 0 Å². The smallest absolute Gasteiger partial charge is 0.0132 e. The highest BCUT2D eigenvalue weighted by Crippen LogP contribution is 2.35. The number of hydrogen-bond donors (Lipinski definition) is 1. The summed E-state index contributed by atoms with van der Waals surface area (Å²) in [5.74, 6) is 0.929. The molecule has 0 aromatic heterocycles. The van der Waals surface area contributed by atoms with Crippen molar-refractivity contribution in [3.8, 4) is 0 Å². The fraction of sp³-hybridized carbons (Fsp3) is 1.00. The Balaban J connectivity index is 1.83. The Morgan fingerprint density at radius 3 is 1.21 bits per heavy atom. The van der Waals surface area contributed by atoms with Gasteiger partial charge in [0.2, 0.25) is 0 Å². The molecule has 28 heavy (non-hydrogen) atoms. The molecule has 0 unspecified atom stereocenters. The fourth-order valence-corrected chi connectivity index (χ4v) is 5.72. The molecule has 1 heterocycles. The van der Waals surface area contributed by atoms with Crippen molar-refractivity contribution in [1.82, 2.24) is 5.32 Å². The van der Waals surface area contributed by atoms with E-state index in [9.17, 15) is 0 Å². The van der Waals surface area contributed by atoms with E-state index in [1.54, 1.807) is 0 Å². The van der Waals surface area contributed by atoms with Crippen LogP contribution in [0.4, 0.5) is 0 Å². The van der Waals surface area contributed by atoms with Gasteiger partial charge < -0.3 is 5.32 Å². The summed E-state index contributed by atoms with van der Waals surface area (Å²) in [6, 6.07) is 0. The van der Waals surface area contributed by atoms with E-state index < -0.39 is 0 Å². The molecule has 1 rings (SSSR count). The largest absolute Gasteiger partial charge is 0.307 e. The summed E-state index contributed by atoms with van der Waals surface area (Å²) in [4.78, 5) is 0. The van der Waals surface area contributed by atoms with Gasteiger partial charge in [0.1, 0.15) is 0 Å². The second kappa shape index (κ2) is 14.9. The first-order valence-electron chi connectivity index (χ1n) is 13.1. The molecule has 1 aliphatic heterocycles. The van der Waals surface area contributed by atoms with E-state index in [1.807, 2.05) is 0 Å². The monoisotopic (exact) mass is 393 g/mol. The Hall–Kier alpha value is -0.0400. The van der Waals surface area contributed by atoms with E-state index in [0.717, 1.165) is 5.92 Å². The van der Waals surface area contributed by atoms with Crippen LogP contribution in [0, 0.1) is 5.92 Å². The lowest BCUT2D eigenvalue weighted by Gasteiger charge is -2.46. The van der Waals surface area contributed by atoms with Crippen LogP contribution < -0.4 is 5.32 Å². The van der Waals surface area contributed by atoms with E-state index in [-0.39, 0.29) is 0 Å². The van der Waals surface area contributed by atoms with Crippen LogP contribution in [-0.4, -0.2) is 11.1 Å². The van der Waals surface area contributed by atoms with Crippen LogP contribution in [0.1, 0.15) is 157 Å². The van der Waals surface area contributed by atoms with Crippen molar-refractivity contribution in [2.24, 2.45) is 5.92 Å². The summed E-state index contributed by atoms with van der Waals surface area (Å²) in [6.07, 6.45) is 27.6. The second-order valence-electron chi connectivity index (χ2n) is 11.3.